The van der Waals surface area contributed by atoms with Gasteiger partial charge in [0, 0.05) is 19.1 Å². The maximum Gasteiger partial charge on any atom is 0.407 e. The van der Waals surface area contributed by atoms with E-state index in [0.717, 1.165) is 11.1 Å². The molecule has 2 amide bonds. The predicted octanol–water partition coefficient (Wildman–Crippen LogP) is 2.84. The smallest absolute Gasteiger partial charge is 0.407 e. The molecule has 0 saturated heterocycles. The molecule has 2 aromatic carbocycles. The fraction of sp³-hybridized carbons (Fsp3) is 0.423. The SMILES string of the molecule is COCC(ONC(=O)[C@]12C[C@H](NC(=O)OCC3c4ccccc4-c4ccccc43)C[C@H]1C2)C(=O)O. The fourth-order valence-corrected chi connectivity index (χ4v) is 5.63. The third-order valence-corrected chi connectivity index (χ3v) is 7.42. The summed E-state index contributed by atoms with van der Waals surface area (Å²) in [5, 5.41) is 12.0. The first-order valence-corrected chi connectivity index (χ1v) is 11.7. The van der Waals surface area contributed by atoms with E-state index in [1.807, 2.05) is 24.3 Å². The minimum atomic E-state index is -1.28. The average Bonchev–Trinajstić information content (AvgIpc) is 3.28. The number of methoxy groups -OCH3 is 1. The van der Waals surface area contributed by atoms with Gasteiger partial charge in [0.05, 0.1) is 12.0 Å². The van der Waals surface area contributed by atoms with Crippen LogP contribution in [-0.2, 0) is 23.9 Å². The molecule has 3 aliphatic carbocycles. The maximum atomic E-state index is 12.7. The minimum absolute atomic E-state index is 0.0197. The van der Waals surface area contributed by atoms with E-state index in [4.69, 9.17) is 19.4 Å². The monoisotopic (exact) mass is 480 g/mol. The lowest BCUT2D eigenvalue weighted by Crippen LogP contribution is -2.41. The van der Waals surface area contributed by atoms with Crippen molar-refractivity contribution in [1.29, 1.82) is 0 Å². The Kier molecular flexibility index (Phi) is 6.21. The van der Waals surface area contributed by atoms with E-state index >= 15 is 0 Å². The normalized spacial score (nSPS) is 24.6. The summed E-state index contributed by atoms with van der Waals surface area (Å²) in [6.45, 7) is 0.0452. The number of carboxylic acids is 1. The standard InChI is InChI=1S/C26H28N2O7/c1-33-14-22(23(29)30)35-28-24(31)26-11-15(26)10-16(12-26)27-25(32)34-13-21-19-8-4-2-6-17(19)18-7-3-5-9-20(18)21/h2-9,15-16,21-22H,10-14H2,1H3,(H,27,32)(H,28,31)(H,29,30)/t15-,16+,22?,26+/m0/s1. The van der Waals surface area contributed by atoms with Gasteiger partial charge in [0.25, 0.3) is 0 Å². The molecule has 5 rings (SSSR count). The molecule has 0 aliphatic heterocycles. The molecule has 2 saturated carbocycles. The van der Waals surface area contributed by atoms with E-state index in [1.165, 1.54) is 18.2 Å². The molecule has 9 heteroatoms. The first-order valence-electron chi connectivity index (χ1n) is 11.7. The topological polar surface area (TPSA) is 123 Å². The van der Waals surface area contributed by atoms with Crippen LogP contribution in [0.1, 0.15) is 36.3 Å². The Morgan fingerprint density at radius 3 is 2.34 bits per heavy atom. The first kappa shape index (κ1) is 23.3. The van der Waals surface area contributed by atoms with Crippen LogP contribution in [0.5, 0.6) is 0 Å². The molecule has 9 nitrogen and oxygen atoms in total. The number of nitrogens with one attached hydrogen (secondary N) is 2. The number of hydrogen-bond donors (Lipinski definition) is 3. The fourth-order valence-electron chi connectivity index (χ4n) is 5.63. The van der Waals surface area contributed by atoms with E-state index in [1.54, 1.807) is 0 Å². The van der Waals surface area contributed by atoms with Crippen molar-refractivity contribution in [3.63, 3.8) is 0 Å². The number of amides is 2. The lowest BCUT2D eigenvalue weighted by atomic mass is 9.98. The Balaban J connectivity index is 1.14. The van der Waals surface area contributed by atoms with Crippen LogP contribution < -0.4 is 10.8 Å². The van der Waals surface area contributed by atoms with Crippen LogP contribution in [0.3, 0.4) is 0 Å². The van der Waals surface area contributed by atoms with Crippen LogP contribution in [0.25, 0.3) is 11.1 Å². The summed E-state index contributed by atoms with van der Waals surface area (Å²) in [6.07, 6.45) is 0.0224. The van der Waals surface area contributed by atoms with Crippen molar-refractivity contribution in [2.24, 2.45) is 11.3 Å². The quantitative estimate of drug-likeness (QED) is 0.472. The highest BCUT2D eigenvalue weighted by atomic mass is 16.7. The number of alkyl carbamates (subject to hydrolysis) is 1. The lowest BCUT2D eigenvalue weighted by molar-refractivity contribution is -0.166. The molecular weight excluding hydrogens is 452 g/mol. The number of carbonyl (C=O) groups is 3. The van der Waals surface area contributed by atoms with Crippen molar-refractivity contribution >= 4 is 18.0 Å². The minimum Gasteiger partial charge on any atom is -0.479 e. The molecule has 0 spiro atoms. The molecule has 4 atom stereocenters. The van der Waals surface area contributed by atoms with Gasteiger partial charge in [0.2, 0.25) is 12.0 Å². The van der Waals surface area contributed by atoms with Crippen LogP contribution >= 0.6 is 0 Å². The van der Waals surface area contributed by atoms with Gasteiger partial charge in [-0.15, -0.1) is 0 Å². The molecule has 0 bridgehead atoms. The van der Waals surface area contributed by atoms with Crippen LogP contribution in [0, 0.1) is 11.3 Å². The molecule has 1 unspecified atom stereocenters. The largest absolute Gasteiger partial charge is 0.479 e. The van der Waals surface area contributed by atoms with E-state index in [0.29, 0.717) is 19.3 Å². The van der Waals surface area contributed by atoms with E-state index in [9.17, 15) is 14.4 Å². The van der Waals surface area contributed by atoms with Crippen molar-refractivity contribution in [3.05, 3.63) is 59.7 Å². The number of aliphatic carboxylic acids is 1. The number of ether oxygens (including phenoxy) is 2. The Bertz CT molecular complexity index is 1110. The number of carbonyl (C=O) groups excluding carboxylic acids is 2. The second-order valence-corrected chi connectivity index (χ2v) is 9.50. The second-order valence-electron chi connectivity index (χ2n) is 9.50. The van der Waals surface area contributed by atoms with Gasteiger partial charge in [-0.05, 0) is 47.4 Å². The number of hydroxylamine groups is 1. The van der Waals surface area contributed by atoms with Crippen LogP contribution in [0.2, 0.25) is 0 Å². The number of benzene rings is 2. The van der Waals surface area contributed by atoms with Crippen molar-refractivity contribution in [2.45, 2.75) is 37.3 Å². The molecule has 2 aromatic rings. The molecule has 3 aliphatic rings. The molecule has 0 radical (unpaired) electrons. The lowest BCUT2D eigenvalue weighted by Gasteiger charge is -2.20. The number of fused-ring (bicyclic) bond motifs is 4. The van der Waals surface area contributed by atoms with Crippen molar-refractivity contribution in [1.82, 2.24) is 10.8 Å². The van der Waals surface area contributed by atoms with Gasteiger partial charge < -0.3 is 19.9 Å². The summed E-state index contributed by atoms with van der Waals surface area (Å²) in [5.74, 6) is -1.48. The summed E-state index contributed by atoms with van der Waals surface area (Å²) in [5.41, 5.74) is 6.27. The highest BCUT2D eigenvalue weighted by Gasteiger charge is 2.65. The molecule has 3 N–H and O–H groups in total. The average molecular weight is 481 g/mol. The van der Waals surface area contributed by atoms with Crippen molar-refractivity contribution < 1.29 is 33.8 Å². The van der Waals surface area contributed by atoms with Gasteiger partial charge in [0.15, 0.2) is 0 Å². The summed E-state index contributed by atoms with van der Waals surface area (Å²) in [7, 11) is 1.35. The second kappa shape index (κ2) is 9.31. The Labute approximate surface area is 202 Å². The summed E-state index contributed by atoms with van der Waals surface area (Å²) in [4.78, 5) is 41.5. The molecule has 0 aromatic heterocycles. The molecule has 2 fully saturated rings. The van der Waals surface area contributed by atoms with Crippen LogP contribution in [-0.4, -0.2) is 55.5 Å². The zero-order valence-electron chi connectivity index (χ0n) is 19.4. The molecule has 35 heavy (non-hydrogen) atoms. The van der Waals surface area contributed by atoms with E-state index in [2.05, 4.69) is 35.1 Å². The summed E-state index contributed by atoms with van der Waals surface area (Å²) >= 11 is 0. The number of rotatable bonds is 9. The molecule has 0 heterocycles. The summed E-state index contributed by atoms with van der Waals surface area (Å²) < 4.78 is 10.4. The van der Waals surface area contributed by atoms with Gasteiger partial charge in [-0.1, -0.05) is 48.5 Å². The highest BCUT2D eigenvalue weighted by molar-refractivity contribution is 5.86. The Morgan fingerprint density at radius 2 is 1.71 bits per heavy atom. The third kappa shape index (κ3) is 4.37. The van der Waals surface area contributed by atoms with Gasteiger partial charge in [-0.3, -0.25) is 9.63 Å². The first-order chi connectivity index (χ1) is 16.9. The number of carboxylic acid groups (broad SMARTS) is 1. The number of hydrogen-bond acceptors (Lipinski definition) is 6. The van der Waals surface area contributed by atoms with Gasteiger partial charge in [-0.25, -0.2) is 15.1 Å². The van der Waals surface area contributed by atoms with E-state index < -0.39 is 23.6 Å². The van der Waals surface area contributed by atoms with Gasteiger partial charge in [-0.2, -0.15) is 0 Å². The van der Waals surface area contributed by atoms with Crippen molar-refractivity contribution in [3.8, 4) is 11.1 Å². The highest BCUT2D eigenvalue weighted by Crippen LogP contribution is 2.63. The maximum absolute atomic E-state index is 12.7. The van der Waals surface area contributed by atoms with Gasteiger partial charge in [0.1, 0.15) is 6.61 Å². The predicted molar refractivity (Wildman–Crippen MR) is 124 cm³/mol. The molecular formula is C26H28N2O7. The zero-order valence-corrected chi connectivity index (χ0v) is 19.4. The summed E-state index contributed by atoms with van der Waals surface area (Å²) in [6, 6.07) is 16.1. The molecule has 184 valence electrons. The Hall–Kier alpha value is -3.43. The van der Waals surface area contributed by atoms with Gasteiger partial charge >= 0.3 is 12.1 Å². The van der Waals surface area contributed by atoms with Crippen LogP contribution in [0.4, 0.5) is 4.79 Å². The van der Waals surface area contributed by atoms with E-state index in [-0.39, 0.29) is 37.0 Å². The third-order valence-electron chi connectivity index (χ3n) is 7.42. The zero-order chi connectivity index (χ0) is 24.6. The Morgan fingerprint density at radius 1 is 1.06 bits per heavy atom. The van der Waals surface area contributed by atoms with Crippen molar-refractivity contribution in [2.75, 3.05) is 20.3 Å². The van der Waals surface area contributed by atoms with Crippen LogP contribution in [0.15, 0.2) is 48.5 Å².